The Morgan fingerprint density at radius 2 is 1.83 bits per heavy atom. The molecule has 0 radical (unpaired) electrons. The SMILES string of the molecule is CCCc1ccc(C)cc1N1C(=O)CSC1=NC(=O)NC(C)CCc1ccc(C(N)=NC=Nc2ccc(OC(F)(F)F)cc2)cc1. The molecule has 3 N–H and O–H groups in total. The summed E-state index contributed by atoms with van der Waals surface area (Å²) in [5.74, 6) is 0.0168. The van der Waals surface area contributed by atoms with E-state index in [2.05, 4.69) is 32.0 Å². The molecule has 1 fully saturated rings. The fourth-order valence-electron chi connectivity index (χ4n) is 4.64. The molecule has 0 saturated carbocycles. The van der Waals surface area contributed by atoms with Crippen molar-refractivity contribution in [2.75, 3.05) is 10.7 Å². The molecule has 3 aromatic carbocycles. The zero-order valence-corrected chi connectivity index (χ0v) is 26.5. The van der Waals surface area contributed by atoms with Crippen LogP contribution in [-0.2, 0) is 17.6 Å². The summed E-state index contributed by atoms with van der Waals surface area (Å²) in [7, 11) is 0. The fraction of sp³-hybridized carbons (Fsp3) is 0.303. The number of aryl methyl sites for hydroxylation is 3. The van der Waals surface area contributed by atoms with Crippen LogP contribution in [0.2, 0.25) is 0 Å². The number of nitrogens with zero attached hydrogens (tertiary/aromatic N) is 4. The Morgan fingerprint density at radius 1 is 1.11 bits per heavy atom. The zero-order valence-electron chi connectivity index (χ0n) is 25.7. The molecule has 1 aliphatic rings. The highest BCUT2D eigenvalue weighted by molar-refractivity contribution is 8.15. The van der Waals surface area contributed by atoms with Crippen LogP contribution in [0.25, 0.3) is 0 Å². The number of alkyl halides is 3. The number of halogens is 3. The van der Waals surface area contributed by atoms with Crippen LogP contribution in [0.4, 0.5) is 29.3 Å². The summed E-state index contributed by atoms with van der Waals surface area (Å²) in [6, 6.07) is 17.9. The molecule has 1 saturated heterocycles. The summed E-state index contributed by atoms with van der Waals surface area (Å²) >= 11 is 1.26. The van der Waals surface area contributed by atoms with Crippen LogP contribution >= 0.6 is 11.8 Å². The largest absolute Gasteiger partial charge is 0.573 e. The van der Waals surface area contributed by atoms with Crippen LogP contribution in [0, 0.1) is 6.92 Å². The van der Waals surface area contributed by atoms with E-state index in [0.717, 1.165) is 47.4 Å². The van der Waals surface area contributed by atoms with Crippen LogP contribution in [-0.4, -0.2) is 47.4 Å². The molecular weight excluding hydrogens is 617 g/mol. The van der Waals surface area contributed by atoms with E-state index in [-0.39, 0.29) is 29.3 Å². The summed E-state index contributed by atoms with van der Waals surface area (Å²) in [5, 5.41) is 3.29. The molecule has 3 amide bonds. The predicted octanol–water partition coefficient (Wildman–Crippen LogP) is 7.08. The van der Waals surface area contributed by atoms with Crippen LogP contribution in [0.5, 0.6) is 5.75 Å². The Bertz CT molecular complexity index is 1620. The average molecular weight is 653 g/mol. The fourth-order valence-corrected chi connectivity index (χ4v) is 5.50. The van der Waals surface area contributed by atoms with Crippen molar-refractivity contribution in [3.05, 3.63) is 89.0 Å². The minimum Gasteiger partial charge on any atom is -0.406 e. The van der Waals surface area contributed by atoms with Gasteiger partial charge in [-0.15, -0.1) is 13.2 Å². The first-order valence-electron chi connectivity index (χ1n) is 14.7. The molecule has 1 heterocycles. The van der Waals surface area contributed by atoms with E-state index >= 15 is 0 Å². The van der Waals surface area contributed by atoms with Gasteiger partial charge in [0.2, 0.25) is 5.91 Å². The number of carbonyl (C=O) groups excluding carboxylic acids is 2. The number of nitrogens with two attached hydrogens (primary N) is 1. The maximum Gasteiger partial charge on any atom is 0.573 e. The number of rotatable bonds is 11. The molecule has 1 aliphatic heterocycles. The van der Waals surface area contributed by atoms with Gasteiger partial charge in [-0.2, -0.15) is 4.99 Å². The van der Waals surface area contributed by atoms with E-state index in [9.17, 15) is 22.8 Å². The molecule has 46 heavy (non-hydrogen) atoms. The smallest absolute Gasteiger partial charge is 0.406 e. The molecule has 242 valence electrons. The molecule has 0 bridgehead atoms. The molecule has 9 nitrogen and oxygen atoms in total. The first kappa shape index (κ1) is 34.2. The van der Waals surface area contributed by atoms with Crippen LogP contribution in [0.1, 0.15) is 48.9 Å². The van der Waals surface area contributed by atoms with Gasteiger partial charge in [0.1, 0.15) is 17.9 Å². The van der Waals surface area contributed by atoms with Crippen molar-refractivity contribution in [2.24, 2.45) is 20.7 Å². The minimum absolute atomic E-state index is 0.0953. The summed E-state index contributed by atoms with van der Waals surface area (Å²) in [6.07, 6.45) is -0.436. The third-order valence-corrected chi connectivity index (χ3v) is 7.85. The van der Waals surface area contributed by atoms with E-state index in [4.69, 9.17) is 5.73 Å². The predicted molar refractivity (Wildman–Crippen MR) is 177 cm³/mol. The van der Waals surface area contributed by atoms with Crippen LogP contribution < -0.4 is 20.7 Å². The Kier molecular flexibility index (Phi) is 11.6. The number of thioether (sulfide) groups is 1. The molecule has 4 rings (SSSR count). The topological polar surface area (TPSA) is 122 Å². The highest BCUT2D eigenvalue weighted by Gasteiger charge is 2.32. The molecule has 3 aromatic rings. The van der Waals surface area contributed by atoms with Gasteiger partial charge in [-0.1, -0.05) is 61.5 Å². The van der Waals surface area contributed by atoms with Gasteiger partial charge < -0.3 is 15.8 Å². The average Bonchev–Trinajstić information content (AvgIpc) is 3.36. The number of urea groups is 1. The molecule has 1 atom stereocenters. The van der Waals surface area contributed by atoms with E-state index in [1.165, 1.54) is 30.2 Å². The van der Waals surface area contributed by atoms with E-state index < -0.39 is 12.4 Å². The lowest BCUT2D eigenvalue weighted by Gasteiger charge is -2.20. The molecule has 0 aliphatic carbocycles. The number of anilines is 1. The lowest BCUT2D eigenvalue weighted by molar-refractivity contribution is -0.274. The lowest BCUT2D eigenvalue weighted by atomic mass is 10.0. The number of ether oxygens (including phenoxy) is 1. The van der Waals surface area contributed by atoms with Crippen molar-refractivity contribution in [2.45, 2.75) is 58.9 Å². The van der Waals surface area contributed by atoms with Crippen LogP contribution in [0.15, 0.2) is 81.7 Å². The second-order valence-corrected chi connectivity index (χ2v) is 11.6. The Labute approximate surface area is 269 Å². The van der Waals surface area contributed by atoms with Gasteiger partial charge in [-0.05, 0) is 80.1 Å². The number of nitrogens with one attached hydrogen (secondary N) is 1. The molecule has 1 unspecified atom stereocenters. The summed E-state index contributed by atoms with van der Waals surface area (Å²) in [4.78, 5) is 39.6. The van der Waals surface area contributed by atoms with Crippen molar-refractivity contribution in [3.63, 3.8) is 0 Å². The van der Waals surface area contributed by atoms with E-state index in [1.54, 1.807) is 4.90 Å². The second kappa shape index (κ2) is 15.6. The van der Waals surface area contributed by atoms with E-state index in [0.29, 0.717) is 29.3 Å². The summed E-state index contributed by atoms with van der Waals surface area (Å²) in [5.41, 5.74) is 11.0. The number of amides is 3. The highest BCUT2D eigenvalue weighted by Crippen LogP contribution is 2.31. The molecule has 13 heteroatoms. The van der Waals surface area contributed by atoms with Crippen molar-refractivity contribution < 1.29 is 27.5 Å². The van der Waals surface area contributed by atoms with Crippen molar-refractivity contribution >= 4 is 52.4 Å². The maximum absolute atomic E-state index is 12.8. The van der Waals surface area contributed by atoms with Crippen LogP contribution in [0.3, 0.4) is 0 Å². The lowest BCUT2D eigenvalue weighted by Crippen LogP contribution is -2.34. The molecule has 0 spiro atoms. The third-order valence-electron chi connectivity index (χ3n) is 6.92. The number of amidine groups is 2. The van der Waals surface area contributed by atoms with Crippen molar-refractivity contribution in [1.82, 2.24) is 5.32 Å². The van der Waals surface area contributed by atoms with Gasteiger partial charge in [0.15, 0.2) is 5.17 Å². The number of aliphatic imine (C=N–C) groups is 3. The number of hydrogen-bond acceptors (Lipinski definition) is 5. The number of benzene rings is 3. The monoisotopic (exact) mass is 652 g/mol. The van der Waals surface area contributed by atoms with Gasteiger partial charge >= 0.3 is 12.4 Å². The van der Waals surface area contributed by atoms with Gasteiger partial charge in [-0.3, -0.25) is 9.69 Å². The Balaban J connectivity index is 1.29. The normalized spacial score (nSPS) is 15.5. The van der Waals surface area contributed by atoms with Crippen molar-refractivity contribution in [3.8, 4) is 5.75 Å². The summed E-state index contributed by atoms with van der Waals surface area (Å²) in [6.45, 7) is 5.95. The van der Waals surface area contributed by atoms with Gasteiger partial charge in [-0.25, -0.2) is 14.8 Å². The zero-order chi connectivity index (χ0) is 33.3. The Hall–Kier alpha value is -4.65. The van der Waals surface area contributed by atoms with Gasteiger partial charge in [0, 0.05) is 11.6 Å². The highest BCUT2D eigenvalue weighted by atomic mass is 32.2. The standard InChI is InChI=1S/C33H35F3N6O3S/c1-4-5-24-11-6-21(2)18-28(24)42-29(43)19-46-32(42)41-31(44)40-22(3)7-8-23-9-12-25(13-10-23)30(37)39-20-38-26-14-16-27(17-15-26)45-33(34,35)36/h6,9-18,20,22H,4-5,7-8,19H2,1-3H3,(H,40,44)(H2,37,38,39). The first-order chi connectivity index (χ1) is 21.9. The van der Waals surface area contributed by atoms with Gasteiger partial charge in [0.05, 0.1) is 17.1 Å². The molecular formula is C33H35F3N6O3S. The third kappa shape index (κ3) is 9.93. The second-order valence-electron chi connectivity index (χ2n) is 10.7. The van der Waals surface area contributed by atoms with Gasteiger partial charge in [0.25, 0.3) is 0 Å². The quantitative estimate of drug-likeness (QED) is 0.169. The molecule has 0 aromatic heterocycles. The number of hydrogen-bond donors (Lipinski definition) is 2. The minimum atomic E-state index is -4.76. The Morgan fingerprint density at radius 3 is 2.50 bits per heavy atom. The maximum atomic E-state index is 12.8. The summed E-state index contributed by atoms with van der Waals surface area (Å²) < 4.78 is 40.7. The van der Waals surface area contributed by atoms with E-state index in [1.807, 2.05) is 56.3 Å². The first-order valence-corrected chi connectivity index (χ1v) is 15.7. The van der Waals surface area contributed by atoms with Crippen molar-refractivity contribution in [1.29, 1.82) is 0 Å². The number of carbonyl (C=O) groups is 2.